The molecule has 0 radical (unpaired) electrons. The summed E-state index contributed by atoms with van der Waals surface area (Å²) in [5.74, 6) is 1.95. The Balaban J connectivity index is 1.98. The Hall–Kier alpha value is -1.12. The summed E-state index contributed by atoms with van der Waals surface area (Å²) in [6, 6.07) is 0. The van der Waals surface area contributed by atoms with E-state index < -0.39 is 0 Å². The topological polar surface area (TPSA) is 43.4 Å². The molecule has 0 bridgehead atoms. The van der Waals surface area contributed by atoms with Crippen LogP contribution in [0.15, 0.2) is 11.3 Å². The van der Waals surface area contributed by atoms with Gasteiger partial charge in [0, 0.05) is 24.3 Å². The number of hydrogen-bond donors (Lipinski definition) is 0. The van der Waals surface area contributed by atoms with Gasteiger partial charge in [0.1, 0.15) is 23.9 Å². The summed E-state index contributed by atoms with van der Waals surface area (Å²) in [4.78, 5) is 22.2. The van der Waals surface area contributed by atoms with Gasteiger partial charge in [-0.3, -0.25) is 4.79 Å². The zero-order valence-corrected chi connectivity index (χ0v) is 15.0. The van der Waals surface area contributed by atoms with E-state index in [9.17, 15) is 9.59 Å². The highest BCUT2D eigenvalue weighted by Gasteiger charge is 2.61. The third-order valence-electron chi connectivity index (χ3n) is 7.29. The molecule has 0 aromatic rings. The monoisotopic (exact) mass is 318 g/mol. The highest BCUT2D eigenvalue weighted by Crippen LogP contribution is 2.66. The molecule has 0 unspecified atom stereocenters. The normalized spacial score (nSPS) is 43.8. The number of ether oxygens (including phenoxy) is 1. The highest BCUT2D eigenvalue weighted by molar-refractivity contribution is 5.79. The van der Waals surface area contributed by atoms with Gasteiger partial charge in [0.2, 0.25) is 0 Å². The first kappa shape index (κ1) is 16.7. The Morgan fingerprint density at radius 3 is 2.52 bits per heavy atom. The maximum Gasteiger partial charge on any atom is 0.149 e. The predicted octanol–water partition coefficient (Wildman–Crippen LogP) is 4.45. The van der Waals surface area contributed by atoms with Crippen molar-refractivity contribution in [2.75, 3.05) is 0 Å². The van der Waals surface area contributed by atoms with Gasteiger partial charge < -0.3 is 9.53 Å². The molecule has 1 aliphatic heterocycles. The Bertz CT molecular complexity index is 547. The third kappa shape index (κ3) is 2.47. The number of fused-ring (bicyclic) bond motifs is 3. The number of carbonyl (C=O) groups excluding carboxylic acids is 2. The lowest BCUT2D eigenvalue weighted by atomic mass is 9.45. The fourth-order valence-electron chi connectivity index (χ4n) is 6.20. The molecule has 3 nitrogen and oxygen atoms in total. The highest BCUT2D eigenvalue weighted by atomic mass is 16.5. The van der Waals surface area contributed by atoms with Gasteiger partial charge in [0.05, 0.1) is 0 Å². The van der Waals surface area contributed by atoms with E-state index in [2.05, 4.69) is 27.7 Å². The van der Waals surface area contributed by atoms with Crippen molar-refractivity contribution in [1.29, 1.82) is 0 Å². The van der Waals surface area contributed by atoms with Crippen molar-refractivity contribution in [3.05, 3.63) is 11.3 Å². The minimum atomic E-state index is -0.175. The van der Waals surface area contributed by atoms with Crippen LogP contribution in [0.4, 0.5) is 0 Å². The Labute approximate surface area is 139 Å². The van der Waals surface area contributed by atoms with Crippen LogP contribution in [0, 0.1) is 22.7 Å². The van der Waals surface area contributed by atoms with Crippen molar-refractivity contribution in [2.45, 2.75) is 78.2 Å². The molecule has 3 heteroatoms. The molecule has 23 heavy (non-hydrogen) atoms. The molecule has 2 saturated carbocycles. The molecule has 0 spiro atoms. The van der Waals surface area contributed by atoms with Gasteiger partial charge in [0.15, 0.2) is 0 Å². The molecule has 3 aliphatic rings. The van der Waals surface area contributed by atoms with Gasteiger partial charge in [-0.2, -0.15) is 0 Å². The third-order valence-corrected chi connectivity index (χ3v) is 7.29. The van der Waals surface area contributed by atoms with E-state index in [4.69, 9.17) is 4.74 Å². The first-order valence-electron chi connectivity index (χ1n) is 9.07. The Morgan fingerprint density at radius 1 is 1.13 bits per heavy atom. The zero-order chi connectivity index (χ0) is 16.9. The summed E-state index contributed by atoms with van der Waals surface area (Å²) in [6.07, 6.45) is 8.71. The fraction of sp³-hybridized carbons (Fsp3) is 0.800. The van der Waals surface area contributed by atoms with Crippen LogP contribution in [-0.2, 0) is 14.3 Å². The molecule has 3 rings (SSSR count). The molecule has 0 amide bonds. The SMILES string of the molecule is CC1(C)CCC[C@]2(C)[C@@H]1CC[C@]1(C)O/C(=C(\C=O)CC=O)C[C@@H]21. The van der Waals surface area contributed by atoms with E-state index in [1.165, 1.54) is 25.7 Å². The van der Waals surface area contributed by atoms with E-state index in [1.807, 2.05) is 0 Å². The average molecular weight is 318 g/mol. The molecule has 0 aromatic carbocycles. The smallest absolute Gasteiger partial charge is 0.149 e. The minimum Gasteiger partial charge on any atom is -0.491 e. The lowest BCUT2D eigenvalue weighted by Gasteiger charge is -2.59. The van der Waals surface area contributed by atoms with E-state index in [-0.39, 0.29) is 17.4 Å². The van der Waals surface area contributed by atoms with E-state index in [0.717, 1.165) is 37.1 Å². The molecule has 0 aromatic heterocycles. The maximum atomic E-state index is 11.4. The summed E-state index contributed by atoms with van der Waals surface area (Å²) in [6.45, 7) is 9.52. The largest absolute Gasteiger partial charge is 0.491 e. The molecule has 128 valence electrons. The van der Waals surface area contributed by atoms with E-state index in [1.54, 1.807) is 0 Å². The van der Waals surface area contributed by atoms with E-state index in [0.29, 0.717) is 16.9 Å². The number of carbonyl (C=O) groups is 2. The molecule has 0 N–H and O–H groups in total. The number of allylic oxidation sites excluding steroid dienone is 2. The van der Waals surface area contributed by atoms with Crippen LogP contribution in [0.3, 0.4) is 0 Å². The number of aldehydes is 2. The summed E-state index contributed by atoms with van der Waals surface area (Å²) in [5.41, 5.74) is 1.03. The Kier molecular flexibility index (Phi) is 3.97. The first-order chi connectivity index (χ1) is 10.8. The van der Waals surface area contributed by atoms with Crippen LogP contribution in [-0.4, -0.2) is 18.2 Å². The number of rotatable bonds is 3. The summed E-state index contributed by atoms with van der Waals surface area (Å²) in [5, 5.41) is 0. The second kappa shape index (κ2) is 5.46. The second-order valence-electron chi connectivity index (χ2n) is 9.05. The fourth-order valence-corrected chi connectivity index (χ4v) is 6.20. The van der Waals surface area contributed by atoms with Crippen molar-refractivity contribution in [1.82, 2.24) is 0 Å². The van der Waals surface area contributed by atoms with Gasteiger partial charge in [-0.25, -0.2) is 0 Å². The Morgan fingerprint density at radius 2 is 1.87 bits per heavy atom. The molecule has 3 fully saturated rings. The second-order valence-corrected chi connectivity index (χ2v) is 9.05. The van der Waals surface area contributed by atoms with Crippen molar-refractivity contribution in [3.63, 3.8) is 0 Å². The van der Waals surface area contributed by atoms with Crippen molar-refractivity contribution >= 4 is 12.6 Å². The molecular formula is C20H30O3. The lowest BCUT2D eigenvalue weighted by molar-refractivity contribution is -0.142. The van der Waals surface area contributed by atoms with Crippen LogP contribution < -0.4 is 0 Å². The van der Waals surface area contributed by atoms with Gasteiger partial charge in [-0.05, 0) is 49.4 Å². The van der Waals surface area contributed by atoms with Crippen molar-refractivity contribution in [3.8, 4) is 0 Å². The summed E-state index contributed by atoms with van der Waals surface area (Å²) >= 11 is 0. The van der Waals surface area contributed by atoms with Crippen molar-refractivity contribution in [2.24, 2.45) is 22.7 Å². The quantitative estimate of drug-likeness (QED) is 0.570. The molecule has 4 atom stereocenters. The van der Waals surface area contributed by atoms with Gasteiger partial charge in [-0.1, -0.05) is 27.2 Å². The lowest BCUT2D eigenvalue weighted by Crippen LogP contribution is -2.55. The maximum absolute atomic E-state index is 11.4. The van der Waals surface area contributed by atoms with E-state index >= 15 is 0 Å². The van der Waals surface area contributed by atoms with Crippen LogP contribution in [0.25, 0.3) is 0 Å². The number of hydrogen-bond acceptors (Lipinski definition) is 3. The van der Waals surface area contributed by atoms with Crippen molar-refractivity contribution < 1.29 is 14.3 Å². The van der Waals surface area contributed by atoms with Crippen LogP contribution in [0.5, 0.6) is 0 Å². The standard InChI is InChI=1S/C20H30O3/c1-18(2)8-5-9-19(3)16(18)6-10-20(4)17(19)12-15(23-20)14(13-22)7-11-21/h11,13,16-17H,5-10,12H2,1-4H3/b15-14-/t16-,17+,19-,20+/m1/s1. The van der Waals surface area contributed by atoms with Gasteiger partial charge in [0.25, 0.3) is 0 Å². The molecule has 1 heterocycles. The van der Waals surface area contributed by atoms with Gasteiger partial charge >= 0.3 is 0 Å². The summed E-state index contributed by atoms with van der Waals surface area (Å²) < 4.78 is 6.33. The summed E-state index contributed by atoms with van der Waals surface area (Å²) in [7, 11) is 0. The zero-order valence-electron chi connectivity index (χ0n) is 15.0. The van der Waals surface area contributed by atoms with Crippen LogP contribution in [0.2, 0.25) is 0 Å². The molecule has 2 aliphatic carbocycles. The van der Waals surface area contributed by atoms with Crippen LogP contribution >= 0.6 is 0 Å². The molecular weight excluding hydrogens is 288 g/mol. The average Bonchev–Trinajstić information content (AvgIpc) is 2.82. The van der Waals surface area contributed by atoms with Crippen LogP contribution in [0.1, 0.15) is 72.6 Å². The first-order valence-corrected chi connectivity index (χ1v) is 9.07. The minimum absolute atomic E-state index is 0.174. The molecule has 1 saturated heterocycles. The van der Waals surface area contributed by atoms with Gasteiger partial charge in [-0.15, -0.1) is 0 Å². The predicted molar refractivity (Wildman–Crippen MR) is 89.8 cm³/mol.